The van der Waals surface area contributed by atoms with Crippen LogP contribution in [0.4, 0.5) is 16.2 Å². The van der Waals surface area contributed by atoms with Crippen LogP contribution in [0.2, 0.25) is 0 Å². The van der Waals surface area contributed by atoms with Gasteiger partial charge in [0.05, 0.1) is 12.3 Å². The van der Waals surface area contributed by atoms with Crippen molar-refractivity contribution in [2.24, 2.45) is 0 Å². The minimum atomic E-state index is -0.439. The fraction of sp³-hybridized carbons (Fsp3) is 0.667. The number of aromatic nitrogens is 2. The predicted molar refractivity (Wildman–Crippen MR) is 68.2 cm³/mol. The third-order valence-electron chi connectivity index (χ3n) is 2.95. The number of hydrogen-bond donors (Lipinski definition) is 2. The highest BCUT2D eigenvalue weighted by Gasteiger charge is 2.22. The minimum Gasteiger partial charge on any atom is -0.391 e. The molecule has 100 valence electrons. The number of piperidine rings is 1. The van der Waals surface area contributed by atoms with Gasteiger partial charge in [-0.3, -0.25) is 0 Å². The maximum Gasteiger partial charge on any atom is 0.224 e. The lowest BCUT2D eigenvalue weighted by atomic mass is 10.1. The van der Waals surface area contributed by atoms with E-state index in [0.29, 0.717) is 12.5 Å². The summed E-state index contributed by atoms with van der Waals surface area (Å²) < 4.78 is 13.7. The summed E-state index contributed by atoms with van der Waals surface area (Å²) in [5, 5.41) is 12.7. The Bertz CT molecular complexity index is 402. The van der Waals surface area contributed by atoms with Gasteiger partial charge < -0.3 is 15.3 Å². The van der Waals surface area contributed by atoms with Gasteiger partial charge in [0.1, 0.15) is 0 Å². The van der Waals surface area contributed by atoms with Gasteiger partial charge in [0, 0.05) is 19.6 Å². The molecule has 0 radical (unpaired) electrons. The summed E-state index contributed by atoms with van der Waals surface area (Å²) in [6.07, 6.45) is 3.35. The number of hydrogen-bond acceptors (Lipinski definition) is 5. The van der Waals surface area contributed by atoms with Crippen LogP contribution in [0.1, 0.15) is 26.2 Å². The molecule has 0 bridgehead atoms. The summed E-state index contributed by atoms with van der Waals surface area (Å²) in [5.74, 6) is 0.279. The predicted octanol–water partition coefficient (Wildman–Crippen LogP) is 1.40. The van der Waals surface area contributed by atoms with Crippen molar-refractivity contribution in [3.8, 4) is 0 Å². The van der Waals surface area contributed by atoms with E-state index in [2.05, 4.69) is 15.3 Å². The molecule has 6 heteroatoms. The Morgan fingerprint density at radius 1 is 1.61 bits per heavy atom. The first-order valence-electron chi connectivity index (χ1n) is 6.40. The lowest BCUT2D eigenvalue weighted by molar-refractivity contribution is 0.153. The standard InChI is InChI=1S/C12H19FN4O/c1-2-5-14-12-15-7-10(13)11(16-12)17-6-3-4-9(18)8-17/h7,9,18H,2-6,8H2,1H3,(H,14,15,16). The highest BCUT2D eigenvalue weighted by atomic mass is 19.1. The van der Waals surface area contributed by atoms with Crippen molar-refractivity contribution in [1.29, 1.82) is 0 Å². The molecule has 1 saturated heterocycles. The molecule has 0 aromatic carbocycles. The third-order valence-corrected chi connectivity index (χ3v) is 2.95. The molecule has 0 aliphatic carbocycles. The topological polar surface area (TPSA) is 61.3 Å². The molecular weight excluding hydrogens is 235 g/mol. The normalized spacial score (nSPS) is 19.9. The van der Waals surface area contributed by atoms with E-state index in [4.69, 9.17) is 0 Å². The largest absolute Gasteiger partial charge is 0.391 e. The molecule has 2 rings (SSSR count). The number of halogens is 1. The smallest absolute Gasteiger partial charge is 0.224 e. The molecule has 0 spiro atoms. The Hall–Kier alpha value is -1.43. The van der Waals surface area contributed by atoms with E-state index in [1.165, 1.54) is 6.20 Å². The van der Waals surface area contributed by atoms with Crippen LogP contribution < -0.4 is 10.2 Å². The van der Waals surface area contributed by atoms with E-state index in [9.17, 15) is 9.50 Å². The van der Waals surface area contributed by atoms with E-state index in [0.717, 1.165) is 32.4 Å². The Kier molecular flexibility index (Phi) is 4.30. The van der Waals surface area contributed by atoms with Crippen LogP contribution in [0.5, 0.6) is 0 Å². The zero-order valence-corrected chi connectivity index (χ0v) is 10.6. The van der Waals surface area contributed by atoms with Crippen LogP contribution >= 0.6 is 0 Å². The van der Waals surface area contributed by atoms with Gasteiger partial charge in [-0.15, -0.1) is 0 Å². The highest BCUT2D eigenvalue weighted by molar-refractivity contribution is 5.44. The quantitative estimate of drug-likeness (QED) is 0.850. The molecule has 1 atom stereocenters. The van der Waals surface area contributed by atoms with Crippen LogP contribution in [-0.4, -0.2) is 40.8 Å². The average molecular weight is 254 g/mol. The number of rotatable bonds is 4. The molecule has 1 aliphatic heterocycles. The zero-order valence-electron chi connectivity index (χ0n) is 10.6. The van der Waals surface area contributed by atoms with Crippen LogP contribution in [0.15, 0.2) is 6.20 Å². The van der Waals surface area contributed by atoms with Crippen LogP contribution in [0.3, 0.4) is 0 Å². The first kappa shape index (κ1) is 13.0. The Morgan fingerprint density at radius 2 is 2.44 bits per heavy atom. The Morgan fingerprint density at radius 3 is 3.17 bits per heavy atom. The van der Waals surface area contributed by atoms with E-state index in [-0.39, 0.29) is 5.82 Å². The molecule has 1 aliphatic rings. The van der Waals surface area contributed by atoms with Crippen molar-refractivity contribution in [2.45, 2.75) is 32.3 Å². The second-order valence-electron chi connectivity index (χ2n) is 4.53. The van der Waals surface area contributed by atoms with Gasteiger partial charge in [0.25, 0.3) is 0 Å². The first-order chi connectivity index (χ1) is 8.70. The number of anilines is 2. The first-order valence-corrected chi connectivity index (χ1v) is 6.40. The van der Waals surface area contributed by atoms with Crippen LogP contribution in [0.25, 0.3) is 0 Å². The van der Waals surface area contributed by atoms with Gasteiger partial charge in [-0.05, 0) is 19.3 Å². The molecule has 1 unspecified atom stereocenters. The minimum absolute atomic E-state index is 0.280. The van der Waals surface area contributed by atoms with Gasteiger partial charge >= 0.3 is 0 Å². The third kappa shape index (κ3) is 3.07. The molecule has 1 fully saturated rings. The van der Waals surface area contributed by atoms with Crippen LogP contribution in [0, 0.1) is 5.82 Å². The SMILES string of the molecule is CCCNc1ncc(F)c(N2CCCC(O)C2)n1. The van der Waals surface area contributed by atoms with Gasteiger partial charge in [0.2, 0.25) is 5.95 Å². The second kappa shape index (κ2) is 5.95. The number of aliphatic hydroxyl groups is 1. The van der Waals surface area contributed by atoms with Gasteiger partial charge in [0.15, 0.2) is 11.6 Å². The van der Waals surface area contributed by atoms with Gasteiger partial charge in [-0.25, -0.2) is 9.37 Å². The molecule has 5 nitrogen and oxygen atoms in total. The number of aliphatic hydroxyl groups excluding tert-OH is 1. The monoisotopic (exact) mass is 254 g/mol. The molecular formula is C12H19FN4O. The summed E-state index contributed by atoms with van der Waals surface area (Å²) >= 11 is 0. The summed E-state index contributed by atoms with van der Waals surface area (Å²) in [4.78, 5) is 9.87. The Balaban J connectivity index is 2.14. The summed E-state index contributed by atoms with van der Waals surface area (Å²) in [7, 11) is 0. The summed E-state index contributed by atoms with van der Waals surface area (Å²) in [5.41, 5.74) is 0. The number of nitrogens with zero attached hydrogens (tertiary/aromatic N) is 3. The molecule has 0 saturated carbocycles. The fourth-order valence-corrected chi connectivity index (χ4v) is 2.05. The zero-order chi connectivity index (χ0) is 13.0. The average Bonchev–Trinajstić information content (AvgIpc) is 2.38. The maximum atomic E-state index is 13.7. The molecule has 18 heavy (non-hydrogen) atoms. The lowest BCUT2D eigenvalue weighted by Gasteiger charge is -2.31. The summed E-state index contributed by atoms with van der Waals surface area (Å²) in [6, 6.07) is 0. The lowest BCUT2D eigenvalue weighted by Crippen LogP contribution is -2.39. The van der Waals surface area contributed by atoms with Crippen molar-refractivity contribution < 1.29 is 9.50 Å². The van der Waals surface area contributed by atoms with E-state index < -0.39 is 11.9 Å². The Labute approximate surface area is 106 Å². The van der Waals surface area contributed by atoms with Crippen molar-refractivity contribution in [3.63, 3.8) is 0 Å². The van der Waals surface area contributed by atoms with E-state index >= 15 is 0 Å². The van der Waals surface area contributed by atoms with Gasteiger partial charge in [-0.2, -0.15) is 4.98 Å². The van der Waals surface area contributed by atoms with Gasteiger partial charge in [-0.1, -0.05) is 6.92 Å². The highest BCUT2D eigenvalue weighted by Crippen LogP contribution is 2.21. The second-order valence-corrected chi connectivity index (χ2v) is 4.53. The molecule has 1 aromatic rings. The number of β-amino-alcohol motifs (C(OH)–C–C–N with tert-alkyl or cyclic N) is 1. The fourth-order valence-electron chi connectivity index (χ4n) is 2.05. The number of nitrogens with one attached hydrogen (secondary N) is 1. The molecule has 2 N–H and O–H groups in total. The van der Waals surface area contributed by atoms with Crippen molar-refractivity contribution in [2.75, 3.05) is 29.9 Å². The molecule has 0 amide bonds. The van der Waals surface area contributed by atoms with E-state index in [1.807, 2.05) is 6.92 Å². The van der Waals surface area contributed by atoms with E-state index in [1.54, 1.807) is 4.90 Å². The maximum absolute atomic E-state index is 13.7. The molecule has 2 heterocycles. The summed E-state index contributed by atoms with van der Waals surface area (Å²) in [6.45, 7) is 3.95. The molecule has 1 aromatic heterocycles. The van der Waals surface area contributed by atoms with Crippen LogP contribution in [-0.2, 0) is 0 Å². The van der Waals surface area contributed by atoms with Crippen molar-refractivity contribution in [1.82, 2.24) is 9.97 Å². The van der Waals surface area contributed by atoms with Crippen molar-refractivity contribution >= 4 is 11.8 Å². The van der Waals surface area contributed by atoms with Crippen molar-refractivity contribution in [3.05, 3.63) is 12.0 Å².